The lowest BCUT2D eigenvalue weighted by Crippen LogP contribution is -2.74. The van der Waals surface area contributed by atoms with E-state index in [0.717, 1.165) is 13.5 Å². The van der Waals surface area contributed by atoms with E-state index in [1.54, 1.807) is 0 Å². The molecule has 0 fully saturated rings. The molecule has 0 amide bonds. The Kier molecular flexibility index (Phi) is 20.9. The summed E-state index contributed by atoms with van der Waals surface area (Å²) < 4.78 is 36.6. The number of unbranched alkanes of at least 4 members (excludes halogenated alkanes) is 7. The summed E-state index contributed by atoms with van der Waals surface area (Å²) in [7, 11) is -3.60. The second-order valence-corrected chi connectivity index (χ2v) is 8.58. The summed E-state index contributed by atoms with van der Waals surface area (Å²) in [6, 6.07) is 0. The van der Waals surface area contributed by atoms with E-state index in [2.05, 4.69) is 16.8 Å². The number of ether oxygens (including phenoxy) is 1. The molecule has 0 aliphatic carbocycles. The Morgan fingerprint density at radius 2 is 1.45 bits per heavy atom. The fourth-order valence-corrected chi connectivity index (χ4v) is 2.92. The zero-order chi connectivity index (χ0) is 22.6. The summed E-state index contributed by atoms with van der Waals surface area (Å²) in [4.78, 5) is 0. The maximum absolute atomic E-state index is 10.0. The van der Waals surface area contributed by atoms with Gasteiger partial charge in [-0.05, 0) is 6.42 Å². The minimum Gasteiger partial charge on any atom is -0.726 e. The van der Waals surface area contributed by atoms with E-state index in [1.165, 1.54) is 44.9 Å². The van der Waals surface area contributed by atoms with Crippen molar-refractivity contribution in [3.63, 3.8) is 0 Å². The molecule has 0 heterocycles. The highest BCUT2D eigenvalue weighted by Gasteiger charge is 2.31. The molecule has 0 saturated heterocycles. The Bertz CT molecular complexity index is 441. The Labute approximate surface area is 176 Å². The van der Waals surface area contributed by atoms with E-state index in [1.807, 2.05) is 0 Å². The van der Waals surface area contributed by atoms with E-state index in [9.17, 15) is 18.1 Å². The summed E-state index contributed by atoms with van der Waals surface area (Å²) in [5.74, 6) is 0. The van der Waals surface area contributed by atoms with Crippen LogP contribution in [0.1, 0.15) is 77.6 Å². The van der Waals surface area contributed by atoms with Crippen LogP contribution < -0.4 is 5.73 Å². The first-order valence-corrected chi connectivity index (χ1v) is 11.8. The van der Waals surface area contributed by atoms with Crippen LogP contribution in [0.3, 0.4) is 0 Å². The van der Waals surface area contributed by atoms with Gasteiger partial charge in [0, 0.05) is 39.1 Å². The molecule has 0 radical (unpaired) electrons. The number of aliphatic hydroxyl groups excluding tert-OH is 3. The molecule has 0 aromatic heterocycles. The minimum absolute atomic E-state index is 0.0231. The molecule has 0 aliphatic heterocycles. The Morgan fingerprint density at radius 3 is 1.86 bits per heavy atom. The van der Waals surface area contributed by atoms with Crippen LogP contribution in [0.4, 0.5) is 0 Å². The molecule has 29 heavy (non-hydrogen) atoms. The van der Waals surface area contributed by atoms with Gasteiger partial charge in [0.15, 0.2) is 0 Å². The second kappa shape index (κ2) is 19.6. The highest BCUT2D eigenvalue weighted by atomic mass is 32.3. The molecule has 0 bridgehead atoms. The predicted octanol–water partition coefficient (Wildman–Crippen LogP) is 0.733. The van der Waals surface area contributed by atoms with Gasteiger partial charge in [-0.1, -0.05) is 51.9 Å². The topological polar surface area (TPSA) is 164 Å². The molecule has 6 N–H and O–H groups in total. The summed E-state index contributed by atoms with van der Waals surface area (Å²) in [5, 5.41) is 28.2. The maximum Gasteiger partial charge on any atom is 0.217 e. The molecule has 9 nitrogen and oxygen atoms in total. The van der Waals surface area contributed by atoms with E-state index in [4.69, 9.17) is 14.9 Å². The summed E-state index contributed by atoms with van der Waals surface area (Å²) in [5.41, 5.74) is 3.59. The Hall–Kier alpha value is -0.330. The van der Waals surface area contributed by atoms with Crippen LogP contribution in [0, 0.1) is 0 Å². The van der Waals surface area contributed by atoms with Crippen LogP contribution in [0.2, 0.25) is 0 Å². The Morgan fingerprint density at radius 1 is 1.00 bits per heavy atom. The minimum atomic E-state index is -4.41. The monoisotopic (exact) mass is 445 g/mol. The van der Waals surface area contributed by atoms with Crippen molar-refractivity contribution >= 4 is 10.4 Å². The van der Waals surface area contributed by atoms with E-state index < -0.39 is 22.0 Å². The Balaban J connectivity index is 0. The highest BCUT2D eigenvalue weighted by molar-refractivity contribution is 7.80. The van der Waals surface area contributed by atoms with Crippen molar-refractivity contribution in [2.45, 2.75) is 89.2 Å². The fraction of sp³-hybridized carbons (Fsp3) is 1.00. The van der Waals surface area contributed by atoms with Gasteiger partial charge in [0.1, 0.15) is 5.54 Å². The van der Waals surface area contributed by atoms with Gasteiger partial charge < -0.3 is 30.3 Å². The molecule has 0 rings (SSSR count). The van der Waals surface area contributed by atoms with Gasteiger partial charge >= 0.3 is 0 Å². The number of aliphatic hydroxyl groups is 3. The van der Waals surface area contributed by atoms with E-state index >= 15 is 0 Å². The van der Waals surface area contributed by atoms with Crippen molar-refractivity contribution in [2.75, 3.05) is 33.5 Å². The smallest absolute Gasteiger partial charge is 0.217 e. The van der Waals surface area contributed by atoms with Gasteiger partial charge in [0.25, 0.3) is 0 Å². The third kappa shape index (κ3) is 23.8. The first-order valence-electron chi connectivity index (χ1n) is 10.5. The van der Waals surface area contributed by atoms with Crippen molar-refractivity contribution in [1.29, 1.82) is 0 Å². The maximum atomic E-state index is 10.0. The van der Waals surface area contributed by atoms with Crippen LogP contribution in [0.25, 0.3) is 0 Å². The number of quaternary nitrogens is 1. The van der Waals surface area contributed by atoms with Gasteiger partial charge in [-0.25, -0.2) is 8.42 Å². The molecule has 10 heteroatoms. The molecule has 1 unspecified atom stereocenters. The molecule has 1 atom stereocenters. The molecule has 0 aliphatic rings. The van der Waals surface area contributed by atoms with Crippen molar-refractivity contribution < 1.29 is 42.9 Å². The van der Waals surface area contributed by atoms with Crippen LogP contribution >= 0.6 is 0 Å². The van der Waals surface area contributed by atoms with Crippen LogP contribution in [0.15, 0.2) is 0 Å². The van der Waals surface area contributed by atoms with Gasteiger partial charge in [-0.3, -0.25) is 4.18 Å². The van der Waals surface area contributed by atoms with Crippen molar-refractivity contribution in [3.8, 4) is 0 Å². The summed E-state index contributed by atoms with van der Waals surface area (Å²) in [6.07, 6.45) is 11.0. The van der Waals surface area contributed by atoms with Crippen molar-refractivity contribution in [2.24, 2.45) is 0 Å². The van der Waals surface area contributed by atoms with Gasteiger partial charge in [0.05, 0.1) is 19.8 Å². The molecule has 0 aromatic carbocycles. The average Bonchev–Trinajstić information content (AvgIpc) is 2.63. The molecular formula is C19H43NO8S. The van der Waals surface area contributed by atoms with E-state index in [-0.39, 0.29) is 13.2 Å². The molecule has 0 spiro atoms. The third-order valence-electron chi connectivity index (χ3n) is 4.61. The first-order chi connectivity index (χ1) is 13.6. The largest absolute Gasteiger partial charge is 0.726 e. The quantitative estimate of drug-likeness (QED) is 0.136. The number of hydrogen-bond donors (Lipinski definition) is 4. The molecule has 0 aromatic rings. The lowest BCUT2D eigenvalue weighted by Gasteiger charge is -2.27. The summed E-state index contributed by atoms with van der Waals surface area (Å²) >= 11 is 0. The lowest BCUT2D eigenvalue weighted by molar-refractivity contribution is -0.488. The van der Waals surface area contributed by atoms with Crippen molar-refractivity contribution in [3.05, 3.63) is 0 Å². The normalized spacial score (nSPS) is 13.1. The molecule has 0 saturated carbocycles. The summed E-state index contributed by atoms with van der Waals surface area (Å²) in [6.45, 7) is 3.28. The fourth-order valence-electron chi connectivity index (χ4n) is 2.92. The van der Waals surface area contributed by atoms with Gasteiger partial charge in [0.2, 0.25) is 10.4 Å². The zero-order valence-electron chi connectivity index (χ0n) is 18.2. The standard InChI is InChI=1S/C18H39NO4.CH4O4S/c1-2-3-4-5-6-7-8-9-14-23-16-17(22)15-18(19,10-12-20)11-13-21;1-5-6(2,3)4/h17,20-22H,2-16,19H2,1H3;1H3,(H,2,3,4). The predicted molar refractivity (Wildman–Crippen MR) is 110 cm³/mol. The SMILES string of the molecule is CCCCCCCCCCOCC(O)CC([NH3+])(CCO)CCO.COS(=O)(=O)[O-]. The average molecular weight is 446 g/mol. The van der Waals surface area contributed by atoms with Crippen LogP contribution in [-0.4, -0.2) is 73.5 Å². The third-order valence-corrected chi connectivity index (χ3v) is 5.02. The van der Waals surface area contributed by atoms with Crippen molar-refractivity contribution in [1.82, 2.24) is 0 Å². The van der Waals surface area contributed by atoms with E-state index in [0.29, 0.717) is 32.5 Å². The zero-order valence-corrected chi connectivity index (χ0v) is 19.0. The highest BCUT2D eigenvalue weighted by Crippen LogP contribution is 2.16. The van der Waals surface area contributed by atoms with Crippen LogP contribution in [0.5, 0.6) is 0 Å². The number of hydrogen-bond acceptors (Lipinski definition) is 8. The number of rotatable bonds is 18. The first kappa shape index (κ1) is 30.9. The van der Waals surface area contributed by atoms with Crippen LogP contribution in [-0.2, 0) is 19.3 Å². The molecule has 178 valence electrons. The molecular weight excluding hydrogens is 402 g/mol. The lowest BCUT2D eigenvalue weighted by atomic mass is 9.87. The van der Waals surface area contributed by atoms with Gasteiger partial charge in [-0.2, -0.15) is 0 Å². The second-order valence-electron chi connectivity index (χ2n) is 7.43. The van der Waals surface area contributed by atoms with Gasteiger partial charge in [-0.15, -0.1) is 0 Å².